The van der Waals surface area contributed by atoms with Gasteiger partial charge in [0.2, 0.25) is 0 Å². The maximum atomic E-state index is 13.1. The zero-order chi connectivity index (χ0) is 16.1. The first-order chi connectivity index (χ1) is 10.5. The van der Waals surface area contributed by atoms with Gasteiger partial charge in [0.15, 0.2) is 0 Å². The average molecular weight is 319 g/mol. The third kappa shape index (κ3) is 4.08. The number of amides is 1. The molecule has 0 aliphatic carbocycles. The summed E-state index contributed by atoms with van der Waals surface area (Å²) in [6.45, 7) is 1.90. The molecule has 0 spiro atoms. The number of halogens is 1. The molecule has 0 radical (unpaired) electrons. The van der Waals surface area contributed by atoms with Crippen molar-refractivity contribution in [2.45, 2.75) is 17.9 Å². The molecule has 2 rings (SSSR count). The molecule has 0 fully saturated rings. The molecule has 0 aliphatic heterocycles. The van der Waals surface area contributed by atoms with E-state index in [1.807, 2.05) is 31.4 Å². The molecule has 0 heterocycles. The number of hydrogen-bond acceptors (Lipinski definition) is 3. The lowest BCUT2D eigenvalue weighted by molar-refractivity contribution is 0.0915. The van der Waals surface area contributed by atoms with Crippen molar-refractivity contribution < 1.29 is 14.3 Å². The van der Waals surface area contributed by atoms with Crippen LogP contribution in [0.1, 0.15) is 27.6 Å². The first kappa shape index (κ1) is 16.5. The van der Waals surface area contributed by atoms with Crippen LogP contribution in [0.5, 0.6) is 0 Å². The van der Waals surface area contributed by atoms with E-state index in [2.05, 4.69) is 5.32 Å². The molecule has 0 saturated heterocycles. The summed E-state index contributed by atoms with van der Waals surface area (Å²) in [5.74, 6) is -0.657. The number of aryl methyl sites for hydroxylation is 1. The van der Waals surface area contributed by atoms with E-state index in [9.17, 15) is 14.3 Å². The quantitative estimate of drug-likeness (QED) is 0.831. The van der Waals surface area contributed by atoms with Crippen molar-refractivity contribution in [1.82, 2.24) is 5.32 Å². The fourth-order valence-electron chi connectivity index (χ4n) is 2.09. The van der Waals surface area contributed by atoms with Gasteiger partial charge >= 0.3 is 0 Å². The molecule has 0 bridgehead atoms. The first-order valence-corrected chi connectivity index (χ1v) is 8.10. The maximum Gasteiger partial charge on any atom is 0.251 e. The molecule has 0 aliphatic rings. The normalized spacial score (nSPS) is 12.0. The van der Waals surface area contributed by atoms with Gasteiger partial charge in [-0.25, -0.2) is 4.39 Å². The minimum Gasteiger partial charge on any atom is -0.387 e. The van der Waals surface area contributed by atoms with E-state index in [0.29, 0.717) is 11.1 Å². The molecular formula is C17H18FNO2S. The summed E-state index contributed by atoms with van der Waals surface area (Å²) in [4.78, 5) is 13.2. The number of carbonyl (C=O) groups is 1. The van der Waals surface area contributed by atoms with Gasteiger partial charge in [-0.3, -0.25) is 4.79 Å². The summed E-state index contributed by atoms with van der Waals surface area (Å²) in [6, 6.07) is 11.4. The standard InChI is InChI=1S/C17H18FNO2S/c1-11-6-7-14(22-2)9-15(11)17(21)19-10-16(20)12-4-3-5-13(18)8-12/h3-9,16,20H,10H2,1-2H3,(H,19,21). The number of aliphatic hydroxyl groups is 1. The summed E-state index contributed by atoms with van der Waals surface area (Å²) < 4.78 is 13.1. The highest BCUT2D eigenvalue weighted by Crippen LogP contribution is 2.19. The van der Waals surface area contributed by atoms with Crippen molar-refractivity contribution >= 4 is 17.7 Å². The molecule has 116 valence electrons. The highest BCUT2D eigenvalue weighted by atomic mass is 32.2. The zero-order valence-electron chi connectivity index (χ0n) is 12.5. The van der Waals surface area contributed by atoms with E-state index in [4.69, 9.17) is 0 Å². The van der Waals surface area contributed by atoms with Gasteiger partial charge in [0.25, 0.3) is 5.91 Å². The lowest BCUT2D eigenvalue weighted by Crippen LogP contribution is -2.29. The van der Waals surface area contributed by atoms with Crippen molar-refractivity contribution in [3.63, 3.8) is 0 Å². The third-order valence-corrected chi connectivity index (χ3v) is 4.10. The van der Waals surface area contributed by atoms with Gasteiger partial charge in [-0.15, -0.1) is 11.8 Å². The molecule has 3 nitrogen and oxygen atoms in total. The Kier molecular flexibility index (Phi) is 5.57. The van der Waals surface area contributed by atoms with Crippen LogP contribution in [0.4, 0.5) is 4.39 Å². The van der Waals surface area contributed by atoms with Crippen molar-refractivity contribution in [3.05, 3.63) is 65.0 Å². The fraction of sp³-hybridized carbons (Fsp3) is 0.235. The number of benzene rings is 2. The van der Waals surface area contributed by atoms with Crippen LogP contribution < -0.4 is 5.32 Å². The van der Waals surface area contributed by atoms with Crippen LogP contribution in [-0.2, 0) is 0 Å². The molecule has 2 N–H and O–H groups in total. The molecule has 0 saturated carbocycles. The van der Waals surface area contributed by atoms with E-state index in [-0.39, 0.29) is 12.5 Å². The van der Waals surface area contributed by atoms with Crippen molar-refractivity contribution in [2.24, 2.45) is 0 Å². The van der Waals surface area contributed by atoms with Gasteiger partial charge < -0.3 is 10.4 Å². The molecule has 5 heteroatoms. The monoisotopic (exact) mass is 319 g/mol. The Hall–Kier alpha value is -1.85. The van der Waals surface area contributed by atoms with Gasteiger partial charge in [-0.05, 0) is 48.6 Å². The SMILES string of the molecule is CSc1ccc(C)c(C(=O)NCC(O)c2cccc(F)c2)c1. The molecular weight excluding hydrogens is 301 g/mol. The Labute approximate surface area is 133 Å². The number of rotatable bonds is 5. The summed E-state index contributed by atoms with van der Waals surface area (Å²) in [6.07, 6.45) is 1.00. The highest BCUT2D eigenvalue weighted by Gasteiger charge is 2.13. The van der Waals surface area contributed by atoms with Crippen molar-refractivity contribution in [2.75, 3.05) is 12.8 Å². The number of nitrogens with one attached hydrogen (secondary N) is 1. The molecule has 0 aromatic heterocycles. The summed E-state index contributed by atoms with van der Waals surface area (Å²) in [5.41, 5.74) is 1.89. The molecule has 22 heavy (non-hydrogen) atoms. The van der Waals surface area contributed by atoms with Gasteiger partial charge in [0.05, 0.1) is 6.10 Å². The van der Waals surface area contributed by atoms with Gasteiger partial charge in [-0.1, -0.05) is 18.2 Å². The lowest BCUT2D eigenvalue weighted by Gasteiger charge is -2.13. The van der Waals surface area contributed by atoms with Crippen molar-refractivity contribution in [1.29, 1.82) is 0 Å². The lowest BCUT2D eigenvalue weighted by atomic mass is 10.1. The summed E-state index contributed by atoms with van der Waals surface area (Å²) >= 11 is 1.56. The maximum absolute atomic E-state index is 13.1. The minimum absolute atomic E-state index is 0.0330. The van der Waals surface area contributed by atoms with Gasteiger partial charge in [0.1, 0.15) is 5.82 Å². The van der Waals surface area contributed by atoms with Crippen LogP contribution in [0.3, 0.4) is 0 Å². The Balaban J connectivity index is 2.03. The number of aliphatic hydroxyl groups excluding tert-OH is 1. The molecule has 2 aromatic rings. The van der Waals surface area contributed by atoms with Crippen molar-refractivity contribution in [3.8, 4) is 0 Å². The summed E-state index contributed by atoms with van der Waals surface area (Å²) in [5, 5.41) is 12.7. The zero-order valence-corrected chi connectivity index (χ0v) is 13.3. The van der Waals surface area contributed by atoms with E-state index >= 15 is 0 Å². The Morgan fingerprint density at radius 3 is 2.77 bits per heavy atom. The van der Waals surface area contributed by atoms with E-state index in [1.54, 1.807) is 17.8 Å². The average Bonchev–Trinajstić information content (AvgIpc) is 2.52. The smallest absolute Gasteiger partial charge is 0.251 e. The first-order valence-electron chi connectivity index (χ1n) is 6.87. The highest BCUT2D eigenvalue weighted by molar-refractivity contribution is 7.98. The molecule has 2 aromatic carbocycles. The number of thioether (sulfide) groups is 1. The Morgan fingerprint density at radius 2 is 2.09 bits per heavy atom. The third-order valence-electron chi connectivity index (χ3n) is 3.38. The second-order valence-electron chi connectivity index (χ2n) is 4.96. The second-order valence-corrected chi connectivity index (χ2v) is 5.84. The van der Waals surface area contributed by atoms with Crippen LogP contribution in [0, 0.1) is 12.7 Å². The van der Waals surface area contributed by atoms with Crippen LogP contribution in [-0.4, -0.2) is 23.8 Å². The van der Waals surface area contributed by atoms with Crippen LogP contribution in [0.15, 0.2) is 47.4 Å². The van der Waals surface area contributed by atoms with Crippen LogP contribution in [0.2, 0.25) is 0 Å². The summed E-state index contributed by atoms with van der Waals surface area (Å²) in [7, 11) is 0. The largest absolute Gasteiger partial charge is 0.387 e. The molecule has 1 atom stereocenters. The predicted octanol–water partition coefficient (Wildman–Crippen LogP) is 3.32. The second kappa shape index (κ2) is 7.42. The van der Waals surface area contributed by atoms with Crippen LogP contribution in [0.25, 0.3) is 0 Å². The van der Waals surface area contributed by atoms with E-state index in [1.165, 1.54) is 18.2 Å². The van der Waals surface area contributed by atoms with Gasteiger partial charge in [0, 0.05) is 17.0 Å². The fourth-order valence-corrected chi connectivity index (χ4v) is 2.53. The number of carbonyl (C=O) groups excluding carboxylic acids is 1. The topological polar surface area (TPSA) is 49.3 Å². The number of hydrogen-bond donors (Lipinski definition) is 2. The van der Waals surface area contributed by atoms with Gasteiger partial charge in [-0.2, -0.15) is 0 Å². The Morgan fingerprint density at radius 1 is 1.32 bits per heavy atom. The van der Waals surface area contributed by atoms with E-state index < -0.39 is 11.9 Å². The predicted molar refractivity (Wildman–Crippen MR) is 86.7 cm³/mol. The molecule has 1 amide bonds. The minimum atomic E-state index is -0.941. The molecule has 1 unspecified atom stereocenters. The Bertz CT molecular complexity index is 675. The van der Waals surface area contributed by atoms with E-state index in [0.717, 1.165) is 10.5 Å². The van der Waals surface area contributed by atoms with Crippen LogP contribution >= 0.6 is 11.8 Å².